The summed E-state index contributed by atoms with van der Waals surface area (Å²) in [4.78, 5) is 25.3. The Bertz CT molecular complexity index is 526. The van der Waals surface area contributed by atoms with Gasteiger partial charge in [-0.15, -0.1) is 0 Å². The Balaban J connectivity index is 1.87. The Hall–Kier alpha value is -1.30. The molecule has 1 aromatic heterocycles. The Morgan fingerprint density at radius 2 is 2.16 bits per heavy atom. The highest BCUT2D eigenvalue weighted by Gasteiger charge is 2.50. The van der Waals surface area contributed by atoms with Crippen molar-refractivity contribution >= 4 is 27.8 Å². The zero-order chi connectivity index (χ0) is 13.6. The molecule has 1 saturated carbocycles. The normalized spacial score (nSPS) is 29.5. The van der Waals surface area contributed by atoms with E-state index in [9.17, 15) is 14.7 Å². The van der Waals surface area contributed by atoms with Gasteiger partial charge in [0.15, 0.2) is 10.4 Å². The van der Waals surface area contributed by atoms with Gasteiger partial charge in [-0.3, -0.25) is 4.79 Å². The molecule has 1 N–H and O–H groups in total. The minimum atomic E-state index is -0.909. The van der Waals surface area contributed by atoms with Crippen LogP contribution in [0.1, 0.15) is 29.8 Å². The zero-order valence-corrected chi connectivity index (χ0v) is 11.8. The fourth-order valence-electron chi connectivity index (χ4n) is 3.40. The van der Waals surface area contributed by atoms with E-state index in [4.69, 9.17) is 4.42 Å². The molecule has 1 aliphatic carbocycles. The average molecular weight is 328 g/mol. The topological polar surface area (TPSA) is 70.8 Å². The van der Waals surface area contributed by atoms with Crippen molar-refractivity contribution < 1.29 is 19.1 Å². The van der Waals surface area contributed by atoms with Gasteiger partial charge in [-0.05, 0) is 52.7 Å². The maximum Gasteiger partial charge on any atom is 0.326 e. The quantitative estimate of drug-likeness (QED) is 0.905. The highest BCUT2D eigenvalue weighted by molar-refractivity contribution is 9.10. The minimum absolute atomic E-state index is 0.0971. The summed E-state index contributed by atoms with van der Waals surface area (Å²) < 4.78 is 5.71. The maximum atomic E-state index is 12.4. The van der Waals surface area contributed by atoms with Crippen LogP contribution in [0.2, 0.25) is 0 Å². The van der Waals surface area contributed by atoms with E-state index in [1.54, 1.807) is 12.1 Å². The number of nitrogens with zero attached hydrogens (tertiary/aromatic N) is 1. The molecule has 19 heavy (non-hydrogen) atoms. The van der Waals surface area contributed by atoms with Gasteiger partial charge in [0, 0.05) is 6.54 Å². The first-order valence-electron chi connectivity index (χ1n) is 6.37. The van der Waals surface area contributed by atoms with Crippen LogP contribution in [0.15, 0.2) is 21.2 Å². The molecule has 6 heteroatoms. The molecule has 0 radical (unpaired) electrons. The first-order valence-corrected chi connectivity index (χ1v) is 7.16. The predicted molar refractivity (Wildman–Crippen MR) is 69.7 cm³/mol. The molecule has 3 unspecified atom stereocenters. The Labute approximate surface area is 118 Å². The van der Waals surface area contributed by atoms with Gasteiger partial charge in [0.05, 0.1) is 0 Å². The number of likely N-dealkylation sites (tertiary alicyclic amines) is 1. The van der Waals surface area contributed by atoms with E-state index in [-0.39, 0.29) is 17.6 Å². The summed E-state index contributed by atoms with van der Waals surface area (Å²) in [6, 6.07) is 2.50. The van der Waals surface area contributed by atoms with Crippen molar-refractivity contribution in [1.29, 1.82) is 0 Å². The van der Waals surface area contributed by atoms with E-state index in [1.165, 1.54) is 4.90 Å². The molecule has 1 saturated heterocycles. The third-order valence-electron chi connectivity index (χ3n) is 4.19. The number of carbonyl (C=O) groups excluding carboxylic acids is 1. The number of carboxylic acid groups (broad SMARTS) is 1. The number of aliphatic carboxylic acids is 1. The van der Waals surface area contributed by atoms with Gasteiger partial charge >= 0.3 is 5.97 Å². The van der Waals surface area contributed by atoms with Gasteiger partial charge in [-0.2, -0.15) is 0 Å². The number of rotatable bonds is 2. The average Bonchev–Trinajstić information content (AvgIpc) is 3.00. The van der Waals surface area contributed by atoms with Crippen LogP contribution in [0.25, 0.3) is 0 Å². The number of hydrogen-bond donors (Lipinski definition) is 1. The molecule has 0 aromatic carbocycles. The Kier molecular flexibility index (Phi) is 3.12. The number of carbonyl (C=O) groups is 2. The number of halogens is 1. The first-order chi connectivity index (χ1) is 9.08. The number of carboxylic acids is 1. The predicted octanol–water partition coefficient (Wildman–Crippen LogP) is 2.37. The second-order valence-electron chi connectivity index (χ2n) is 5.20. The summed E-state index contributed by atoms with van der Waals surface area (Å²) in [6.45, 7) is 0.527. The van der Waals surface area contributed by atoms with E-state index in [1.807, 2.05) is 0 Å². The highest BCUT2D eigenvalue weighted by atomic mass is 79.9. The fraction of sp³-hybridized carbons (Fsp3) is 0.538. The van der Waals surface area contributed by atoms with Crippen molar-refractivity contribution in [3.63, 3.8) is 0 Å². The molecule has 5 nitrogen and oxygen atoms in total. The van der Waals surface area contributed by atoms with E-state index in [2.05, 4.69) is 15.9 Å². The van der Waals surface area contributed by atoms with Gasteiger partial charge < -0.3 is 14.4 Å². The maximum absolute atomic E-state index is 12.4. The molecule has 3 atom stereocenters. The van der Waals surface area contributed by atoms with Crippen molar-refractivity contribution in [3.05, 3.63) is 22.6 Å². The largest absolute Gasteiger partial charge is 0.480 e. The smallest absolute Gasteiger partial charge is 0.326 e. The van der Waals surface area contributed by atoms with Gasteiger partial charge in [0.2, 0.25) is 0 Å². The number of hydrogen-bond acceptors (Lipinski definition) is 3. The van der Waals surface area contributed by atoms with Crippen molar-refractivity contribution in [2.45, 2.75) is 25.3 Å². The van der Waals surface area contributed by atoms with Crippen molar-refractivity contribution in [3.8, 4) is 0 Å². The van der Waals surface area contributed by atoms with Crippen LogP contribution < -0.4 is 0 Å². The lowest BCUT2D eigenvalue weighted by Crippen LogP contribution is -2.43. The molecule has 0 bridgehead atoms. The van der Waals surface area contributed by atoms with E-state index >= 15 is 0 Å². The van der Waals surface area contributed by atoms with Gasteiger partial charge in [-0.1, -0.05) is 6.42 Å². The van der Waals surface area contributed by atoms with Gasteiger partial charge in [0.1, 0.15) is 6.04 Å². The fourth-order valence-corrected chi connectivity index (χ4v) is 3.71. The second kappa shape index (κ2) is 4.67. The summed E-state index contributed by atoms with van der Waals surface area (Å²) in [6.07, 6.45) is 2.97. The molecular formula is C13H14BrNO4. The lowest BCUT2D eigenvalue weighted by molar-refractivity contribution is -0.142. The number of fused-ring (bicyclic) bond motifs is 1. The summed E-state index contributed by atoms with van der Waals surface area (Å²) >= 11 is 3.15. The van der Waals surface area contributed by atoms with Gasteiger partial charge in [-0.25, -0.2) is 4.79 Å². The van der Waals surface area contributed by atoms with Crippen LogP contribution in [-0.4, -0.2) is 34.5 Å². The SMILES string of the molecule is O=C(O)C1C2CCCC2CN1C(=O)c1ccc(Br)o1. The Morgan fingerprint density at radius 3 is 2.79 bits per heavy atom. The van der Waals surface area contributed by atoms with Crippen molar-refractivity contribution in [2.75, 3.05) is 6.54 Å². The molecule has 3 rings (SSSR count). The Morgan fingerprint density at radius 1 is 1.37 bits per heavy atom. The second-order valence-corrected chi connectivity index (χ2v) is 5.98. The summed E-state index contributed by atoms with van der Waals surface area (Å²) in [7, 11) is 0. The van der Waals surface area contributed by atoms with E-state index in [0.29, 0.717) is 17.1 Å². The molecule has 2 aliphatic rings. The van der Waals surface area contributed by atoms with Crippen LogP contribution in [0.4, 0.5) is 0 Å². The molecule has 0 spiro atoms. The molecule has 2 fully saturated rings. The van der Waals surface area contributed by atoms with E-state index < -0.39 is 12.0 Å². The van der Waals surface area contributed by atoms with Crippen molar-refractivity contribution in [2.24, 2.45) is 11.8 Å². The minimum Gasteiger partial charge on any atom is -0.480 e. The van der Waals surface area contributed by atoms with Crippen LogP contribution in [0, 0.1) is 11.8 Å². The molecule has 1 amide bonds. The third-order valence-corrected chi connectivity index (χ3v) is 4.61. The zero-order valence-electron chi connectivity index (χ0n) is 10.2. The lowest BCUT2D eigenvalue weighted by Gasteiger charge is -2.23. The third kappa shape index (κ3) is 2.08. The number of furan rings is 1. The van der Waals surface area contributed by atoms with Crippen molar-refractivity contribution in [1.82, 2.24) is 4.90 Å². The first kappa shape index (κ1) is 12.7. The van der Waals surface area contributed by atoms with Crippen LogP contribution >= 0.6 is 15.9 Å². The van der Waals surface area contributed by atoms with Gasteiger partial charge in [0.25, 0.3) is 5.91 Å². The summed E-state index contributed by atoms with van der Waals surface area (Å²) in [5.74, 6) is -0.623. The standard InChI is InChI=1S/C13H14BrNO4/c14-10-5-4-9(19-10)12(16)15-6-7-2-1-3-8(7)11(15)13(17)18/h4-5,7-8,11H,1-3,6H2,(H,17,18). The summed E-state index contributed by atoms with van der Waals surface area (Å²) in [5, 5.41) is 9.40. The molecule has 1 aromatic rings. The lowest BCUT2D eigenvalue weighted by atomic mass is 9.94. The van der Waals surface area contributed by atoms with Crippen LogP contribution in [0.5, 0.6) is 0 Å². The monoisotopic (exact) mass is 327 g/mol. The van der Waals surface area contributed by atoms with Crippen LogP contribution in [-0.2, 0) is 4.79 Å². The van der Waals surface area contributed by atoms with E-state index in [0.717, 1.165) is 19.3 Å². The molecule has 102 valence electrons. The number of amides is 1. The summed E-state index contributed by atoms with van der Waals surface area (Å²) in [5.41, 5.74) is 0. The highest BCUT2D eigenvalue weighted by Crippen LogP contribution is 2.42. The molecule has 2 heterocycles. The molecule has 1 aliphatic heterocycles. The van der Waals surface area contributed by atoms with Crippen LogP contribution in [0.3, 0.4) is 0 Å². The molecular weight excluding hydrogens is 314 g/mol.